The summed E-state index contributed by atoms with van der Waals surface area (Å²) in [5.41, 5.74) is 0.416. The van der Waals surface area contributed by atoms with E-state index in [0.29, 0.717) is 15.7 Å². The number of hydrogen-bond donors (Lipinski definition) is 3. The monoisotopic (exact) mass is 336 g/mol. The maximum Gasteiger partial charge on any atom is 0.238 e. The van der Waals surface area contributed by atoms with E-state index in [1.165, 1.54) is 0 Å². The molecule has 2 atom stereocenters. The third kappa shape index (κ3) is 5.14. The fourth-order valence-electron chi connectivity index (χ4n) is 1.62. The van der Waals surface area contributed by atoms with E-state index in [1.807, 2.05) is 13.2 Å². The zero-order valence-electron chi connectivity index (χ0n) is 11.3. The highest BCUT2D eigenvalue weighted by Crippen LogP contribution is 2.29. The molecule has 0 spiro atoms. The molecule has 4 nitrogen and oxygen atoms in total. The lowest BCUT2D eigenvalue weighted by molar-refractivity contribution is -0.115. The molecule has 0 aliphatic rings. The van der Waals surface area contributed by atoms with Gasteiger partial charge in [-0.3, -0.25) is 4.79 Å². The van der Waals surface area contributed by atoms with Crippen molar-refractivity contribution in [2.75, 3.05) is 24.7 Å². The van der Waals surface area contributed by atoms with Crippen LogP contribution in [0.3, 0.4) is 0 Å². The van der Waals surface area contributed by atoms with Gasteiger partial charge >= 0.3 is 0 Å². The molecule has 1 aromatic carbocycles. The number of amides is 1. The zero-order valence-corrected chi connectivity index (χ0v) is 13.6. The van der Waals surface area contributed by atoms with Gasteiger partial charge in [0.2, 0.25) is 5.91 Å². The first kappa shape index (κ1) is 17.6. The molecule has 1 amide bonds. The summed E-state index contributed by atoms with van der Waals surface area (Å²) in [7, 11) is 0. The number of carbonyl (C=O) groups is 1. The third-order valence-corrected chi connectivity index (χ3v) is 4.64. The SMILES string of the molecule is CSC(CO)C(C)NCC(=O)Nc1c(Cl)cccc1Cl. The van der Waals surface area contributed by atoms with Crippen LogP contribution in [0.1, 0.15) is 6.92 Å². The number of benzene rings is 1. The summed E-state index contributed by atoms with van der Waals surface area (Å²) >= 11 is 13.5. The van der Waals surface area contributed by atoms with Crippen LogP contribution in [0.5, 0.6) is 0 Å². The lowest BCUT2D eigenvalue weighted by Crippen LogP contribution is -2.41. The average Bonchev–Trinajstić information content (AvgIpc) is 2.42. The molecule has 0 saturated heterocycles. The Balaban J connectivity index is 2.52. The Morgan fingerprint density at radius 3 is 2.50 bits per heavy atom. The number of anilines is 1. The maximum atomic E-state index is 11.9. The van der Waals surface area contributed by atoms with Crippen molar-refractivity contribution >= 4 is 46.6 Å². The van der Waals surface area contributed by atoms with Gasteiger partial charge in [-0.2, -0.15) is 11.8 Å². The minimum atomic E-state index is -0.232. The molecule has 0 heterocycles. The molecule has 2 unspecified atom stereocenters. The minimum Gasteiger partial charge on any atom is -0.395 e. The molecule has 0 bridgehead atoms. The average molecular weight is 337 g/mol. The van der Waals surface area contributed by atoms with E-state index >= 15 is 0 Å². The van der Waals surface area contributed by atoms with E-state index < -0.39 is 0 Å². The molecule has 0 radical (unpaired) electrons. The number of halogens is 2. The van der Waals surface area contributed by atoms with Crippen molar-refractivity contribution in [3.05, 3.63) is 28.2 Å². The molecular weight excluding hydrogens is 319 g/mol. The lowest BCUT2D eigenvalue weighted by atomic mass is 10.2. The van der Waals surface area contributed by atoms with Crippen LogP contribution in [0.4, 0.5) is 5.69 Å². The van der Waals surface area contributed by atoms with Gasteiger partial charge in [0.25, 0.3) is 0 Å². The number of rotatable bonds is 7. The van der Waals surface area contributed by atoms with Crippen LogP contribution in [0.15, 0.2) is 18.2 Å². The van der Waals surface area contributed by atoms with Crippen LogP contribution < -0.4 is 10.6 Å². The van der Waals surface area contributed by atoms with Gasteiger partial charge in [-0.25, -0.2) is 0 Å². The van der Waals surface area contributed by atoms with Crippen molar-refractivity contribution in [2.24, 2.45) is 0 Å². The van der Waals surface area contributed by atoms with E-state index in [-0.39, 0.29) is 30.4 Å². The predicted octanol–water partition coefficient (Wildman–Crippen LogP) is 2.63. The first-order valence-corrected chi connectivity index (χ1v) is 8.14. The normalized spacial score (nSPS) is 13.8. The van der Waals surface area contributed by atoms with Crippen LogP contribution >= 0.6 is 35.0 Å². The second-order valence-corrected chi connectivity index (χ2v) is 6.16. The maximum absolute atomic E-state index is 11.9. The number of nitrogens with one attached hydrogen (secondary N) is 2. The van der Waals surface area contributed by atoms with E-state index in [2.05, 4.69) is 10.6 Å². The molecule has 0 fully saturated rings. The Labute approximate surface area is 133 Å². The van der Waals surface area contributed by atoms with Gasteiger partial charge in [-0.05, 0) is 25.3 Å². The molecule has 0 aliphatic carbocycles. The van der Waals surface area contributed by atoms with Crippen LogP contribution in [0.25, 0.3) is 0 Å². The molecule has 20 heavy (non-hydrogen) atoms. The quantitative estimate of drug-likeness (QED) is 0.716. The van der Waals surface area contributed by atoms with Gasteiger partial charge in [0.15, 0.2) is 0 Å². The van der Waals surface area contributed by atoms with Gasteiger partial charge in [-0.1, -0.05) is 29.3 Å². The Hall–Kier alpha value is -0.460. The molecule has 0 aliphatic heterocycles. The first-order valence-electron chi connectivity index (χ1n) is 6.10. The van der Waals surface area contributed by atoms with Crippen molar-refractivity contribution in [1.82, 2.24) is 5.32 Å². The second kappa shape index (κ2) is 8.74. The summed E-state index contributed by atoms with van der Waals surface area (Å²) < 4.78 is 0. The largest absolute Gasteiger partial charge is 0.395 e. The highest BCUT2D eigenvalue weighted by atomic mass is 35.5. The minimum absolute atomic E-state index is 0.0162. The molecule has 0 aromatic heterocycles. The van der Waals surface area contributed by atoms with Crippen LogP contribution in [0, 0.1) is 0 Å². The topological polar surface area (TPSA) is 61.4 Å². The van der Waals surface area contributed by atoms with Crippen molar-refractivity contribution < 1.29 is 9.90 Å². The standard InChI is InChI=1S/C13H18Cl2N2O2S/c1-8(11(7-18)20-2)16-6-12(19)17-13-9(14)4-3-5-10(13)15/h3-5,8,11,16,18H,6-7H2,1-2H3,(H,17,19). The number of carbonyl (C=O) groups excluding carboxylic acids is 1. The lowest BCUT2D eigenvalue weighted by Gasteiger charge is -2.21. The smallest absolute Gasteiger partial charge is 0.238 e. The number of para-hydroxylation sites is 1. The zero-order chi connectivity index (χ0) is 15.1. The van der Waals surface area contributed by atoms with E-state index in [9.17, 15) is 9.90 Å². The van der Waals surface area contributed by atoms with Gasteiger partial charge < -0.3 is 15.7 Å². The second-order valence-electron chi connectivity index (χ2n) is 4.27. The number of aliphatic hydroxyl groups excluding tert-OH is 1. The van der Waals surface area contributed by atoms with Crippen LogP contribution in [-0.2, 0) is 4.79 Å². The van der Waals surface area contributed by atoms with Crippen molar-refractivity contribution in [1.29, 1.82) is 0 Å². The van der Waals surface area contributed by atoms with Gasteiger partial charge in [0.05, 0.1) is 28.9 Å². The summed E-state index contributed by atoms with van der Waals surface area (Å²) in [4.78, 5) is 11.9. The van der Waals surface area contributed by atoms with E-state index in [0.717, 1.165) is 0 Å². The first-order chi connectivity index (χ1) is 9.49. The fraction of sp³-hybridized carbons (Fsp3) is 0.462. The highest BCUT2D eigenvalue weighted by molar-refractivity contribution is 7.99. The number of thioether (sulfide) groups is 1. The van der Waals surface area contributed by atoms with Crippen molar-refractivity contribution in [3.8, 4) is 0 Å². The van der Waals surface area contributed by atoms with Gasteiger partial charge in [-0.15, -0.1) is 0 Å². The Kier molecular flexibility index (Phi) is 7.69. The summed E-state index contributed by atoms with van der Waals surface area (Å²) in [5, 5.41) is 15.8. The summed E-state index contributed by atoms with van der Waals surface area (Å²) in [6.07, 6.45) is 1.92. The summed E-state index contributed by atoms with van der Waals surface area (Å²) in [6.45, 7) is 2.11. The Morgan fingerprint density at radius 1 is 1.40 bits per heavy atom. The summed E-state index contributed by atoms with van der Waals surface area (Å²) in [5.74, 6) is -0.232. The van der Waals surface area contributed by atoms with Crippen LogP contribution in [0.2, 0.25) is 10.0 Å². The third-order valence-electron chi connectivity index (χ3n) is 2.85. The fourth-order valence-corrected chi connectivity index (χ4v) is 2.77. The highest BCUT2D eigenvalue weighted by Gasteiger charge is 2.16. The Morgan fingerprint density at radius 2 is 2.00 bits per heavy atom. The van der Waals surface area contributed by atoms with Crippen molar-refractivity contribution in [2.45, 2.75) is 18.2 Å². The molecule has 3 N–H and O–H groups in total. The molecule has 0 saturated carbocycles. The van der Waals surface area contributed by atoms with Crippen LogP contribution in [-0.4, -0.2) is 41.7 Å². The van der Waals surface area contributed by atoms with E-state index in [4.69, 9.17) is 23.2 Å². The van der Waals surface area contributed by atoms with E-state index in [1.54, 1.807) is 30.0 Å². The predicted molar refractivity (Wildman–Crippen MR) is 86.9 cm³/mol. The molecular formula is C13H18Cl2N2O2S. The van der Waals surface area contributed by atoms with Gasteiger partial charge in [0, 0.05) is 11.3 Å². The molecule has 1 aromatic rings. The van der Waals surface area contributed by atoms with Crippen molar-refractivity contribution in [3.63, 3.8) is 0 Å². The molecule has 7 heteroatoms. The number of hydrogen-bond acceptors (Lipinski definition) is 4. The Bertz CT molecular complexity index is 436. The molecule has 1 rings (SSSR count). The summed E-state index contributed by atoms with van der Waals surface area (Å²) in [6, 6.07) is 5.05. The molecule has 112 valence electrons. The van der Waals surface area contributed by atoms with Gasteiger partial charge in [0.1, 0.15) is 0 Å². The number of aliphatic hydroxyl groups is 1.